The molecule has 1 aliphatic heterocycles. The van der Waals surface area contributed by atoms with Crippen LogP contribution in [0.25, 0.3) is 0 Å². The number of carbonyl (C=O) groups excluding carboxylic acids is 3. The van der Waals surface area contributed by atoms with E-state index in [1.807, 2.05) is 48.5 Å². The molecule has 0 aliphatic carbocycles. The molecule has 7 nitrogen and oxygen atoms in total. The standard InChI is InChI=1S/C15H20O3Si.C10H18O3Si.C7H6O/c1-19(2,3)14-12(9-10-16)15(17)18-13(14)11-7-5-4-6-8-11;1-5-12-10(11)13-8-6-7-9-14(2,3)4;8-6-7-4-2-1-3-5-7/h4-8,13,16H,9-10H2,1-3H3;5-6,8H2,1-4H3;1-6H. The lowest BCUT2D eigenvalue weighted by Crippen LogP contribution is -2.28. The van der Waals surface area contributed by atoms with Crippen LogP contribution in [0.2, 0.25) is 39.3 Å². The van der Waals surface area contributed by atoms with Crippen molar-refractivity contribution in [1.29, 1.82) is 0 Å². The Morgan fingerprint density at radius 2 is 1.56 bits per heavy atom. The van der Waals surface area contributed by atoms with Gasteiger partial charge in [0.1, 0.15) is 27.1 Å². The lowest BCUT2D eigenvalue weighted by atomic mass is 10.1. The van der Waals surface area contributed by atoms with Crippen molar-refractivity contribution in [2.75, 3.05) is 19.8 Å². The number of esters is 1. The topological polar surface area (TPSA) is 99.1 Å². The number of aliphatic hydroxyl groups is 1. The normalized spacial score (nSPS) is 14.2. The van der Waals surface area contributed by atoms with E-state index in [4.69, 9.17) is 14.6 Å². The number of rotatable bonds is 8. The van der Waals surface area contributed by atoms with E-state index in [-0.39, 0.29) is 18.7 Å². The van der Waals surface area contributed by atoms with Gasteiger partial charge in [-0.3, -0.25) is 4.79 Å². The summed E-state index contributed by atoms with van der Waals surface area (Å²) in [6.07, 6.45) is 0.939. The summed E-state index contributed by atoms with van der Waals surface area (Å²) in [6.45, 7) is 15.5. The molecule has 9 heteroatoms. The number of hydrogen-bond acceptors (Lipinski definition) is 7. The predicted octanol–water partition coefficient (Wildman–Crippen LogP) is 6.77. The fraction of sp³-hybridized carbons (Fsp3) is 0.406. The van der Waals surface area contributed by atoms with Gasteiger partial charge in [0.15, 0.2) is 0 Å². The maximum atomic E-state index is 12.0. The summed E-state index contributed by atoms with van der Waals surface area (Å²) in [5, 5.41) is 10.3. The van der Waals surface area contributed by atoms with Crippen LogP contribution in [0.4, 0.5) is 4.79 Å². The molecular formula is C32H44O7Si2. The number of aldehydes is 1. The first kappa shape index (κ1) is 35.6. The SMILES string of the molecule is CCOC(=O)OCCC#C[Si](C)(C)C.C[Si](C)(C)C1=C(CCO)C(=O)OC1c1ccccc1.O=Cc1ccccc1. The third kappa shape index (κ3) is 14.1. The molecule has 222 valence electrons. The van der Waals surface area contributed by atoms with Crippen molar-refractivity contribution in [2.24, 2.45) is 0 Å². The number of hydrogen-bond donors (Lipinski definition) is 1. The van der Waals surface area contributed by atoms with Gasteiger partial charge < -0.3 is 19.3 Å². The molecule has 2 aromatic carbocycles. The van der Waals surface area contributed by atoms with Gasteiger partial charge in [0, 0.05) is 30.6 Å². The van der Waals surface area contributed by atoms with E-state index in [1.54, 1.807) is 19.1 Å². The molecule has 3 rings (SSSR count). The van der Waals surface area contributed by atoms with Crippen molar-refractivity contribution < 1.29 is 33.7 Å². The number of ether oxygens (including phenoxy) is 3. The average molecular weight is 597 g/mol. The van der Waals surface area contributed by atoms with Gasteiger partial charge in [-0.05, 0) is 17.7 Å². The molecule has 2 aromatic rings. The molecule has 0 bridgehead atoms. The van der Waals surface area contributed by atoms with Gasteiger partial charge in [-0.15, -0.1) is 11.5 Å². The van der Waals surface area contributed by atoms with E-state index < -0.39 is 22.3 Å². The van der Waals surface area contributed by atoms with Crippen LogP contribution in [0.5, 0.6) is 0 Å². The van der Waals surface area contributed by atoms with Gasteiger partial charge in [0.05, 0.1) is 14.7 Å². The summed E-state index contributed by atoms with van der Waals surface area (Å²) in [6, 6.07) is 18.9. The quantitative estimate of drug-likeness (QED) is 0.118. The first-order chi connectivity index (χ1) is 19.3. The van der Waals surface area contributed by atoms with E-state index in [1.165, 1.54) is 0 Å². The van der Waals surface area contributed by atoms with Crippen LogP contribution in [-0.2, 0) is 19.0 Å². The molecule has 1 atom stereocenters. The third-order valence-electron chi connectivity index (χ3n) is 5.44. The molecular weight excluding hydrogens is 553 g/mol. The Labute approximate surface area is 246 Å². The maximum absolute atomic E-state index is 12.0. The first-order valence-corrected chi connectivity index (χ1v) is 20.7. The molecule has 1 aliphatic rings. The molecule has 1 unspecified atom stereocenters. The fourth-order valence-corrected chi connectivity index (χ4v) is 6.57. The number of benzene rings is 2. The second kappa shape index (κ2) is 18.1. The van der Waals surface area contributed by atoms with Gasteiger partial charge in [-0.1, -0.05) is 99.9 Å². The van der Waals surface area contributed by atoms with Gasteiger partial charge in [-0.2, -0.15) is 0 Å². The summed E-state index contributed by atoms with van der Waals surface area (Å²) >= 11 is 0. The van der Waals surface area contributed by atoms with E-state index >= 15 is 0 Å². The lowest BCUT2D eigenvalue weighted by Gasteiger charge is -2.24. The van der Waals surface area contributed by atoms with Crippen molar-refractivity contribution in [1.82, 2.24) is 0 Å². The molecule has 1 N–H and O–H groups in total. The second-order valence-electron chi connectivity index (χ2n) is 11.2. The largest absolute Gasteiger partial charge is 0.508 e. The van der Waals surface area contributed by atoms with E-state index in [0.717, 1.165) is 22.6 Å². The number of aliphatic hydroxyl groups excluding tert-OH is 1. The van der Waals surface area contributed by atoms with Gasteiger partial charge >= 0.3 is 12.1 Å². The molecule has 0 saturated heterocycles. The van der Waals surface area contributed by atoms with Gasteiger partial charge in [-0.25, -0.2) is 9.59 Å². The highest BCUT2D eigenvalue weighted by Crippen LogP contribution is 2.41. The molecule has 0 spiro atoms. The summed E-state index contributed by atoms with van der Waals surface area (Å²) in [7, 11) is -2.97. The Bertz CT molecular complexity index is 1190. The monoisotopic (exact) mass is 596 g/mol. The van der Waals surface area contributed by atoms with Crippen molar-refractivity contribution in [3.8, 4) is 11.5 Å². The highest BCUT2D eigenvalue weighted by molar-refractivity contribution is 6.84. The van der Waals surface area contributed by atoms with Crippen LogP contribution in [0.3, 0.4) is 0 Å². The smallest absolute Gasteiger partial charge is 0.450 e. The average Bonchev–Trinajstić information content (AvgIpc) is 3.26. The Kier molecular flexibility index (Phi) is 15.7. The van der Waals surface area contributed by atoms with Crippen molar-refractivity contribution in [3.05, 3.63) is 82.6 Å². The van der Waals surface area contributed by atoms with Crippen LogP contribution >= 0.6 is 0 Å². The Morgan fingerprint density at radius 1 is 0.976 bits per heavy atom. The number of carbonyl (C=O) groups is 3. The van der Waals surface area contributed by atoms with Crippen molar-refractivity contribution >= 4 is 34.6 Å². The zero-order chi connectivity index (χ0) is 30.9. The Hall–Kier alpha value is -3.46. The van der Waals surface area contributed by atoms with Crippen molar-refractivity contribution in [3.63, 3.8) is 0 Å². The van der Waals surface area contributed by atoms with Crippen LogP contribution in [-0.4, -0.2) is 59.5 Å². The molecule has 41 heavy (non-hydrogen) atoms. The highest BCUT2D eigenvalue weighted by Gasteiger charge is 2.40. The fourth-order valence-electron chi connectivity index (χ4n) is 3.77. The second-order valence-corrected chi connectivity index (χ2v) is 21.0. The van der Waals surface area contributed by atoms with E-state index in [0.29, 0.717) is 31.6 Å². The third-order valence-corrected chi connectivity index (χ3v) is 8.55. The Balaban J connectivity index is 0.000000335. The zero-order valence-electron chi connectivity index (χ0n) is 25.4. The van der Waals surface area contributed by atoms with Gasteiger partial charge in [0.25, 0.3) is 0 Å². The minimum Gasteiger partial charge on any atom is -0.450 e. The predicted molar refractivity (Wildman–Crippen MR) is 168 cm³/mol. The highest BCUT2D eigenvalue weighted by atomic mass is 28.3. The summed E-state index contributed by atoms with van der Waals surface area (Å²) in [5.74, 6) is 2.74. The molecule has 0 radical (unpaired) electrons. The number of cyclic esters (lactones) is 1. The Morgan fingerprint density at radius 3 is 2.02 bits per heavy atom. The minimum absolute atomic E-state index is 0.0140. The van der Waals surface area contributed by atoms with Crippen molar-refractivity contribution in [2.45, 2.75) is 65.2 Å². The van der Waals surface area contributed by atoms with E-state index in [2.05, 4.69) is 55.5 Å². The summed E-state index contributed by atoms with van der Waals surface area (Å²) in [5.41, 5.74) is 5.62. The summed E-state index contributed by atoms with van der Waals surface area (Å²) in [4.78, 5) is 32.8. The molecule has 0 saturated carbocycles. The molecule has 0 amide bonds. The maximum Gasteiger partial charge on any atom is 0.508 e. The first-order valence-electron chi connectivity index (χ1n) is 13.7. The van der Waals surface area contributed by atoms with E-state index in [9.17, 15) is 14.4 Å². The van der Waals surface area contributed by atoms with Crippen LogP contribution in [0.15, 0.2) is 71.4 Å². The zero-order valence-corrected chi connectivity index (χ0v) is 27.4. The minimum atomic E-state index is -1.69. The van der Waals surface area contributed by atoms with Crippen LogP contribution in [0, 0.1) is 11.5 Å². The molecule has 1 heterocycles. The lowest BCUT2D eigenvalue weighted by molar-refractivity contribution is -0.140. The molecule has 0 aromatic heterocycles. The molecule has 0 fully saturated rings. The van der Waals surface area contributed by atoms with Crippen LogP contribution in [0.1, 0.15) is 41.8 Å². The van der Waals surface area contributed by atoms with Crippen LogP contribution < -0.4 is 0 Å². The summed E-state index contributed by atoms with van der Waals surface area (Å²) < 4.78 is 14.9. The van der Waals surface area contributed by atoms with Gasteiger partial charge in [0.2, 0.25) is 0 Å².